The van der Waals surface area contributed by atoms with Crippen LogP contribution in [0.5, 0.6) is 0 Å². The molecule has 0 bridgehead atoms. The first-order chi connectivity index (χ1) is 12.9. The number of aryl methyl sites for hydroxylation is 1. The van der Waals surface area contributed by atoms with Gasteiger partial charge in [-0.3, -0.25) is 4.72 Å². The standard InChI is InChI=1S/C17H17F5N4S2/c1-23-27-13-6-7-16(15(9-13)17-10-26(2)11-24-17)25-12-4-3-5-14(8-12)28(18,19,20,21)22/h3-11,23,25H,1-2H3. The maximum absolute atomic E-state index is 13.1. The molecule has 0 fully saturated rings. The number of rotatable bonds is 6. The molecule has 4 nitrogen and oxygen atoms in total. The summed E-state index contributed by atoms with van der Waals surface area (Å²) in [6.07, 6.45) is 3.34. The van der Waals surface area contributed by atoms with E-state index < -0.39 is 15.1 Å². The molecule has 0 amide bonds. The zero-order valence-electron chi connectivity index (χ0n) is 14.8. The molecule has 0 saturated carbocycles. The fraction of sp³-hybridized carbons (Fsp3) is 0.118. The van der Waals surface area contributed by atoms with Crippen LogP contribution in [0.2, 0.25) is 0 Å². The van der Waals surface area contributed by atoms with E-state index in [1.807, 2.05) is 0 Å². The Balaban J connectivity index is 2.04. The van der Waals surface area contributed by atoms with Gasteiger partial charge in [0.1, 0.15) is 4.90 Å². The topological polar surface area (TPSA) is 41.9 Å². The molecule has 3 rings (SSSR count). The summed E-state index contributed by atoms with van der Waals surface area (Å²) >= 11 is 1.36. The summed E-state index contributed by atoms with van der Waals surface area (Å²) in [6.45, 7) is 0. The molecule has 2 aromatic carbocycles. The Morgan fingerprint density at radius 1 is 1.04 bits per heavy atom. The maximum atomic E-state index is 13.1. The van der Waals surface area contributed by atoms with Gasteiger partial charge in [0.15, 0.2) is 0 Å². The van der Waals surface area contributed by atoms with Gasteiger partial charge < -0.3 is 9.88 Å². The first kappa shape index (κ1) is 20.5. The van der Waals surface area contributed by atoms with Crippen LogP contribution in [-0.2, 0) is 7.05 Å². The summed E-state index contributed by atoms with van der Waals surface area (Å²) < 4.78 is 70.2. The molecule has 3 aromatic rings. The van der Waals surface area contributed by atoms with E-state index in [9.17, 15) is 19.4 Å². The molecule has 0 atom stereocenters. The second-order valence-electron chi connectivity index (χ2n) is 6.06. The summed E-state index contributed by atoms with van der Waals surface area (Å²) in [7, 11) is -6.22. The molecular weight excluding hydrogens is 419 g/mol. The predicted octanol–water partition coefficient (Wildman–Crippen LogP) is 6.71. The van der Waals surface area contributed by atoms with Gasteiger partial charge in [0.2, 0.25) is 0 Å². The first-order valence-corrected chi connectivity index (χ1v) is 10.7. The van der Waals surface area contributed by atoms with Gasteiger partial charge in [-0.2, -0.15) is 0 Å². The average Bonchev–Trinajstić information content (AvgIpc) is 3.01. The quantitative estimate of drug-likeness (QED) is 0.333. The smallest absolute Gasteiger partial charge is 0.310 e. The molecule has 0 aliphatic carbocycles. The minimum atomic E-state index is -9.76. The van der Waals surface area contributed by atoms with E-state index in [4.69, 9.17) is 0 Å². The molecule has 28 heavy (non-hydrogen) atoms. The predicted molar refractivity (Wildman–Crippen MR) is 105 cm³/mol. The van der Waals surface area contributed by atoms with Gasteiger partial charge in [-0.25, -0.2) is 4.98 Å². The SMILES string of the molecule is CNSc1ccc(Nc2cccc(S(F)(F)(F)(F)F)c2)c(-c2cn(C)cn2)c1. The van der Waals surface area contributed by atoms with Crippen LogP contribution in [0.3, 0.4) is 0 Å². The molecule has 1 aromatic heterocycles. The molecule has 152 valence electrons. The van der Waals surface area contributed by atoms with E-state index in [-0.39, 0.29) is 5.69 Å². The normalized spacial score (nSPS) is 14.4. The summed E-state index contributed by atoms with van der Waals surface area (Å²) in [5.74, 6) is 0. The average molecular weight is 436 g/mol. The van der Waals surface area contributed by atoms with Gasteiger partial charge in [0.25, 0.3) is 0 Å². The summed E-state index contributed by atoms with van der Waals surface area (Å²) in [4.78, 5) is 3.19. The van der Waals surface area contributed by atoms with Crippen LogP contribution in [0, 0.1) is 0 Å². The summed E-state index contributed by atoms with van der Waals surface area (Å²) in [6, 6.07) is 8.26. The molecule has 0 saturated heterocycles. The van der Waals surface area contributed by atoms with Crippen molar-refractivity contribution >= 4 is 33.5 Å². The van der Waals surface area contributed by atoms with Gasteiger partial charge >= 0.3 is 10.2 Å². The first-order valence-electron chi connectivity index (χ1n) is 7.93. The number of anilines is 2. The molecule has 0 radical (unpaired) electrons. The van der Waals surface area contributed by atoms with Crippen LogP contribution in [0.15, 0.2) is 64.8 Å². The zero-order chi connectivity index (χ0) is 20.6. The fourth-order valence-electron chi connectivity index (χ4n) is 2.55. The lowest BCUT2D eigenvalue weighted by Gasteiger charge is -2.40. The lowest BCUT2D eigenvalue weighted by Crippen LogP contribution is -2.06. The Hall–Kier alpha value is -2.24. The van der Waals surface area contributed by atoms with Crippen molar-refractivity contribution in [1.29, 1.82) is 0 Å². The monoisotopic (exact) mass is 436 g/mol. The van der Waals surface area contributed by atoms with E-state index in [0.717, 1.165) is 11.0 Å². The second kappa shape index (κ2) is 6.39. The minimum absolute atomic E-state index is 0.100. The van der Waals surface area contributed by atoms with Crippen molar-refractivity contribution in [2.45, 2.75) is 9.79 Å². The third kappa shape index (κ3) is 4.78. The van der Waals surface area contributed by atoms with Crippen LogP contribution in [-0.4, -0.2) is 16.6 Å². The van der Waals surface area contributed by atoms with Crippen molar-refractivity contribution in [1.82, 2.24) is 14.3 Å². The third-order valence-corrected chi connectivity index (χ3v) is 5.59. The van der Waals surface area contributed by atoms with Gasteiger partial charge in [-0.05, 0) is 55.4 Å². The van der Waals surface area contributed by atoms with E-state index in [1.54, 1.807) is 49.4 Å². The highest BCUT2D eigenvalue weighted by Gasteiger charge is 2.65. The Morgan fingerprint density at radius 3 is 2.39 bits per heavy atom. The number of hydrogen-bond acceptors (Lipinski definition) is 4. The molecular formula is C17H17F5N4S2. The number of imidazole rings is 1. The van der Waals surface area contributed by atoms with Gasteiger partial charge in [-0.15, -0.1) is 0 Å². The van der Waals surface area contributed by atoms with Crippen molar-refractivity contribution < 1.29 is 19.4 Å². The minimum Gasteiger partial charge on any atom is -0.355 e. The lowest BCUT2D eigenvalue weighted by atomic mass is 10.1. The largest absolute Gasteiger partial charge is 0.355 e. The second-order valence-corrected chi connectivity index (χ2v) is 9.55. The van der Waals surface area contributed by atoms with Gasteiger partial charge in [-0.1, -0.05) is 25.5 Å². The molecule has 0 spiro atoms. The summed E-state index contributed by atoms with van der Waals surface area (Å²) in [5, 5.41) is 2.80. The molecule has 0 aliphatic rings. The Morgan fingerprint density at radius 2 is 1.79 bits per heavy atom. The molecule has 11 heteroatoms. The van der Waals surface area contributed by atoms with Crippen LogP contribution in [0.25, 0.3) is 11.3 Å². The number of nitrogens with one attached hydrogen (secondary N) is 2. The highest BCUT2D eigenvalue weighted by molar-refractivity contribution is 8.45. The molecule has 0 unspecified atom stereocenters. The Labute approximate surface area is 163 Å². The van der Waals surface area contributed by atoms with E-state index >= 15 is 0 Å². The van der Waals surface area contributed by atoms with Crippen molar-refractivity contribution in [3.63, 3.8) is 0 Å². The number of hydrogen-bond donors (Lipinski definition) is 2. The lowest BCUT2D eigenvalue weighted by molar-refractivity contribution is 0.364. The van der Waals surface area contributed by atoms with Gasteiger partial charge in [0.05, 0.1) is 12.0 Å². The fourth-order valence-corrected chi connectivity index (χ4v) is 3.78. The Kier molecular flexibility index (Phi) is 4.68. The van der Waals surface area contributed by atoms with E-state index in [1.165, 1.54) is 18.0 Å². The highest BCUT2D eigenvalue weighted by Crippen LogP contribution is 3.02. The van der Waals surface area contributed by atoms with Crippen molar-refractivity contribution in [3.05, 3.63) is 55.0 Å². The van der Waals surface area contributed by atoms with Crippen LogP contribution >= 0.6 is 22.2 Å². The van der Waals surface area contributed by atoms with Gasteiger partial charge in [0, 0.05) is 35.1 Å². The number of aromatic nitrogens is 2. The van der Waals surface area contributed by atoms with Crippen LogP contribution in [0.1, 0.15) is 0 Å². The van der Waals surface area contributed by atoms with E-state index in [0.29, 0.717) is 29.1 Å². The van der Waals surface area contributed by atoms with Crippen molar-refractivity contribution in [2.75, 3.05) is 12.4 Å². The molecule has 0 aliphatic heterocycles. The van der Waals surface area contributed by atoms with Crippen molar-refractivity contribution in [2.24, 2.45) is 7.05 Å². The Bertz CT molecular complexity index is 1020. The number of nitrogens with zero attached hydrogens (tertiary/aromatic N) is 2. The molecule has 2 N–H and O–H groups in total. The third-order valence-electron chi connectivity index (χ3n) is 3.75. The highest BCUT2D eigenvalue weighted by atomic mass is 32.5. The number of benzene rings is 2. The van der Waals surface area contributed by atoms with Crippen molar-refractivity contribution in [3.8, 4) is 11.3 Å². The molecule has 1 heterocycles. The summed E-state index contributed by atoms with van der Waals surface area (Å²) in [5.41, 5.74) is 1.56. The van der Waals surface area contributed by atoms with E-state index in [2.05, 4.69) is 15.0 Å². The maximum Gasteiger partial charge on any atom is 0.310 e. The zero-order valence-corrected chi connectivity index (χ0v) is 16.4. The number of halogens is 5. The van der Waals surface area contributed by atoms with Crippen LogP contribution < -0.4 is 10.0 Å². The van der Waals surface area contributed by atoms with Crippen LogP contribution in [0.4, 0.5) is 30.8 Å².